The Balaban J connectivity index is 2.01. The van der Waals surface area contributed by atoms with Crippen molar-refractivity contribution in [3.63, 3.8) is 0 Å². The van der Waals surface area contributed by atoms with E-state index in [0.29, 0.717) is 5.02 Å². The van der Waals surface area contributed by atoms with Crippen LogP contribution in [-0.4, -0.2) is 10.3 Å². The summed E-state index contributed by atoms with van der Waals surface area (Å²) in [6.45, 7) is 1.88. The molecule has 0 aliphatic carbocycles. The molecule has 0 atom stereocenters. The lowest BCUT2D eigenvalue weighted by Crippen LogP contribution is -2.06. The van der Waals surface area contributed by atoms with Crippen LogP contribution in [0.4, 0.5) is 5.00 Å². The number of hydrogen-bond acceptors (Lipinski definition) is 3. The maximum Gasteiger partial charge on any atom is 0.249 e. The van der Waals surface area contributed by atoms with E-state index in [1.54, 1.807) is 12.1 Å². The third-order valence-electron chi connectivity index (χ3n) is 2.19. The second-order valence-electron chi connectivity index (χ2n) is 3.68. The van der Waals surface area contributed by atoms with Crippen LogP contribution in [-0.2, 0) is 4.79 Å². The molecule has 0 bridgehead atoms. The summed E-state index contributed by atoms with van der Waals surface area (Å²) in [5.41, 5.74) is 1.71. The molecule has 0 saturated carbocycles. The molecule has 1 N–H and O–H groups in total. The van der Waals surface area contributed by atoms with E-state index in [1.165, 1.54) is 17.6 Å². The molecule has 3 nitrogen and oxygen atoms in total. The van der Waals surface area contributed by atoms with Gasteiger partial charge in [0.15, 0.2) is 0 Å². The minimum atomic E-state index is -0.196. The van der Waals surface area contributed by atoms with Gasteiger partial charge < -0.3 is 5.32 Å². The molecule has 0 radical (unpaired) electrons. The maximum atomic E-state index is 11.6. The molecule has 0 unspecified atom stereocenters. The van der Waals surface area contributed by atoms with Gasteiger partial charge in [0.05, 0.1) is 5.69 Å². The first-order valence-electron chi connectivity index (χ1n) is 5.32. The summed E-state index contributed by atoms with van der Waals surface area (Å²) < 4.78 is 4.08. The Labute approximate surface area is 114 Å². The van der Waals surface area contributed by atoms with Gasteiger partial charge >= 0.3 is 0 Å². The van der Waals surface area contributed by atoms with Crippen LogP contribution in [0.5, 0.6) is 0 Å². The number of nitrogens with zero attached hydrogens (tertiary/aromatic N) is 1. The molecule has 0 spiro atoms. The fraction of sp³-hybridized carbons (Fsp3) is 0.0769. The Morgan fingerprint density at radius 2 is 2.22 bits per heavy atom. The highest BCUT2D eigenvalue weighted by atomic mass is 35.5. The fourth-order valence-corrected chi connectivity index (χ4v) is 2.22. The smallest absolute Gasteiger partial charge is 0.249 e. The molecule has 18 heavy (non-hydrogen) atoms. The summed E-state index contributed by atoms with van der Waals surface area (Å²) >= 11 is 7.24. The number of anilines is 1. The van der Waals surface area contributed by atoms with Crippen molar-refractivity contribution in [2.24, 2.45) is 0 Å². The summed E-state index contributed by atoms with van der Waals surface area (Å²) in [6, 6.07) is 9.18. The van der Waals surface area contributed by atoms with Crippen LogP contribution in [0.25, 0.3) is 6.08 Å². The first-order chi connectivity index (χ1) is 8.65. The number of rotatable bonds is 3. The molecule has 0 saturated heterocycles. The van der Waals surface area contributed by atoms with E-state index in [2.05, 4.69) is 9.69 Å². The van der Waals surface area contributed by atoms with Crippen molar-refractivity contribution in [1.29, 1.82) is 0 Å². The van der Waals surface area contributed by atoms with Gasteiger partial charge in [0.2, 0.25) is 5.91 Å². The fourth-order valence-electron chi connectivity index (χ4n) is 1.36. The molecule has 92 valence electrons. The number of nitrogens with one attached hydrogen (secondary N) is 1. The zero-order valence-electron chi connectivity index (χ0n) is 9.68. The van der Waals surface area contributed by atoms with Crippen LogP contribution in [0.3, 0.4) is 0 Å². The van der Waals surface area contributed by atoms with Crippen LogP contribution < -0.4 is 5.32 Å². The van der Waals surface area contributed by atoms with Crippen molar-refractivity contribution in [3.05, 3.63) is 52.7 Å². The zero-order valence-corrected chi connectivity index (χ0v) is 11.3. The molecule has 5 heteroatoms. The Morgan fingerprint density at radius 3 is 2.89 bits per heavy atom. The molecule has 1 heterocycles. The summed E-state index contributed by atoms with van der Waals surface area (Å²) in [5, 5.41) is 4.10. The zero-order chi connectivity index (χ0) is 13.0. The average Bonchev–Trinajstić information content (AvgIpc) is 2.74. The highest BCUT2D eigenvalue weighted by molar-refractivity contribution is 7.10. The number of amides is 1. The Bertz CT molecular complexity index is 592. The lowest BCUT2D eigenvalue weighted by molar-refractivity contribution is -0.111. The molecule has 2 rings (SSSR count). The van der Waals surface area contributed by atoms with Crippen molar-refractivity contribution in [2.75, 3.05) is 5.32 Å². The molecule has 0 fully saturated rings. The van der Waals surface area contributed by atoms with Crippen molar-refractivity contribution < 1.29 is 4.79 Å². The molecule has 0 aliphatic heterocycles. The maximum absolute atomic E-state index is 11.6. The van der Waals surface area contributed by atoms with Gasteiger partial charge in [0.1, 0.15) is 5.00 Å². The topological polar surface area (TPSA) is 42.0 Å². The van der Waals surface area contributed by atoms with Gasteiger partial charge in [-0.15, -0.1) is 0 Å². The van der Waals surface area contributed by atoms with Crippen LogP contribution in [0, 0.1) is 6.92 Å². The number of carbonyl (C=O) groups excluding carboxylic acids is 1. The van der Waals surface area contributed by atoms with E-state index in [-0.39, 0.29) is 5.91 Å². The lowest BCUT2D eigenvalue weighted by Gasteiger charge is -1.97. The van der Waals surface area contributed by atoms with E-state index in [4.69, 9.17) is 11.6 Å². The van der Waals surface area contributed by atoms with Gasteiger partial charge in [0, 0.05) is 11.1 Å². The van der Waals surface area contributed by atoms with Crippen molar-refractivity contribution in [3.8, 4) is 0 Å². The first-order valence-corrected chi connectivity index (χ1v) is 6.47. The third-order valence-corrected chi connectivity index (χ3v) is 3.33. The van der Waals surface area contributed by atoms with Crippen LogP contribution in [0.1, 0.15) is 11.3 Å². The molecule has 1 aromatic heterocycles. The number of hydrogen-bond donors (Lipinski definition) is 1. The monoisotopic (exact) mass is 278 g/mol. The quantitative estimate of drug-likeness (QED) is 0.869. The number of aromatic nitrogens is 1. The Hall–Kier alpha value is -1.65. The van der Waals surface area contributed by atoms with Crippen LogP contribution in [0.2, 0.25) is 5.02 Å². The van der Waals surface area contributed by atoms with E-state index >= 15 is 0 Å². The Kier molecular flexibility index (Phi) is 4.12. The highest BCUT2D eigenvalue weighted by Crippen LogP contribution is 2.17. The highest BCUT2D eigenvalue weighted by Gasteiger charge is 2.01. The van der Waals surface area contributed by atoms with Gasteiger partial charge in [0.25, 0.3) is 0 Å². The van der Waals surface area contributed by atoms with Crippen molar-refractivity contribution in [2.45, 2.75) is 6.92 Å². The van der Waals surface area contributed by atoms with Gasteiger partial charge in [-0.1, -0.05) is 29.8 Å². The second kappa shape index (κ2) is 5.80. The average molecular weight is 279 g/mol. The molecule has 2 aromatic rings. The first kappa shape index (κ1) is 12.8. The number of benzene rings is 1. The molecular weight excluding hydrogens is 268 g/mol. The van der Waals surface area contributed by atoms with Crippen molar-refractivity contribution >= 4 is 40.1 Å². The number of halogens is 1. The largest absolute Gasteiger partial charge is 0.313 e. The molecule has 0 aliphatic rings. The third kappa shape index (κ3) is 3.42. The summed E-state index contributed by atoms with van der Waals surface area (Å²) in [7, 11) is 0. The van der Waals surface area contributed by atoms with E-state index in [9.17, 15) is 4.79 Å². The second-order valence-corrected chi connectivity index (χ2v) is 4.89. The Morgan fingerprint density at radius 1 is 1.44 bits per heavy atom. The SMILES string of the molecule is Cc1cc(NC(=O)C=Cc2ccccc2Cl)sn1. The predicted molar refractivity (Wildman–Crippen MR) is 76.0 cm³/mol. The minimum Gasteiger partial charge on any atom is -0.313 e. The van der Waals surface area contributed by atoms with E-state index in [1.807, 2.05) is 31.2 Å². The molecule has 1 aromatic carbocycles. The summed E-state index contributed by atoms with van der Waals surface area (Å²) in [6.07, 6.45) is 3.14. The van der Waals surface area contributed by atoms with Crippen LogP contribution in [0.15, 0.2) is 36.4 Å². The number of aryl methyl sites for hydroxylation is 1. The van der Waals surface area contributed by atoms with Crippen LogP contribution >= 0.6 is 23.1 Å². The summed E-state index contributed by atoms with van der Waals surface area (Å²) in [4.78, 5) is 11.6. The van der Waals surface area contributed by atoms with Crippen molar-refractivity contribution in [1.82, 2.24) is 4.37 Å². The number of carbonyl (C=O) groups is 1. The molecule has 1 amide bonds. The normalized spacial score (nSPS) is 10.8. The van der Waals surface area contributed by atoms with Gasteiger partial charge in [-0.2, -0.15) is 4.37 Å². The molecular formula is C13H11ClN2OS. The minimum absolute atomic E-state index is 0.196. The predicted octanol–water partition coefficient (Wildman–Crippen LogP) is 3.76. The van der Waals surface area contributed by atoms with E-state index in [0.717, 1.165) is 16.3 Å². The van der Waals surface area contributed by atoms with Gasteiger partial charge in [-0.25, -0.2) is 0 Å². The summed E-state index contributed by atoms with van der Waals surface area (Å²) in [5.74, 6) is -0.196. The standard InChI is InChI=1S/C13H11ClN2OS/c1-9-8-13(18-16-9)15-12(17)7-6-10-4-2-3-5-11(10)14/h2-8H,1H3,(H,15,17). The van der Waals surface area contributed by atoms with Gasteiger partial charge in [-0.05, 0) is 42.2 Å². The van der Waals surface area contributed by atoms with E-state index < -0.39 is 0 Å². The lowest BCUT2D eigenvalue weighted by atomic mass is 10.2. The van der Waals surface area contributed by atoms with Gasteiger partial charge in [-0.3, -0.25) is 4.79 Å².